The van der Waals surface area contributed by atoms with Gasteiger partial charge in [-0.15, -0.1) is 34.2 Å². The highest BCUT2D eigenvalue weighted by molar-refractivity contribution is 14.0. The van der Waals surface area contributed by atoms with Gasteiger partial charge in [0.25, 0.3) is 0 Å². The van der Waals surface area contributed by atoms with Crippen molar-refractivity contribution in [2.75, 3.05) is 40.4 Å². The number of likely N-dealkylation sites (N-methyl/N-ethyl adjacent to an activating group) is 1. The molecule has 0 saturated carbocycles. The number of halogens is 1. The summed E-state index contributed by atoms with van der Waals surface area (Å²) in [5, 5.41) is 15.3. The molecule has 0 bridgehead atoms. The molecule has 27 heavy (non-hydrogen) atoms. The van der Waals surface area contributed by atoms with Crippen LogP contribution in [0.1, 0.15) is 25.6 Å². The van der Waals surface area contributed by atoms with Gasteiger partial charge in [0.1, 0.15) is 6.54 Å². The molecule has 8 nitrogen and oxygen atoms in total. The Kier molecular flexibility index (Phi) is 8.24. The van der Waals surface area contributed by atoms with E-state index in [2.05, 4.69) is 46.7 Å². The van der Waals surface area contributed by atoms with Gasteiger partial charge in [0.05, 0.1) is 0 Å². The molecule has 2 N–H and O–H groups in total. The van der Waals surface area contributed by atoms with Gasteiger partial charge in [-0.05, 0) is 46.0 Å². The molecule has 0 unspecified atom stereocenters. The molecule has 2 aromatic rings. The first-order valence-corrected chi connectivity index (χ1v) is 9.20. The van der Waals surface area contributed by atoms with E-state index in [9.17, 15) is 0 Å². The molecule has 150 valence electrons. The van der Waals surface area contributed by atoms with E-state index in [-0.39, 0.29) is 29.5 Å². The zero-order chi connectivity index (χ0) is 18.4. The third-order valence-corrected chi connectivity index (χ3v) is 5.06. The van der Waals surface area contributed by atoms with Gasteiger partial charge in [-0.25, -0.2) is 4.99 Å². The average Bonchev–Trinajstić information content (AvgIpc) is 3.08. The van der Waals surface area contributed by atoms with Gasteiger partial charge in [-0.2, -0.15) is 0 Å². The van der Waals surface area contributed by atoms with Crippen LogP contribution in [0.4, 0.5) is 0 Å². The molecule has 1 aliphatic heterocycles. The molecule has 1 fully saturated rings. The summed E-state index contributed by atoms with van der Waals surface area (Å²) in [6.07, 6.45) is 3.99. The highest BCUT2D eigenvalue weighted by Gasteiger charge is 2.34. The smallest absolute Gasteiger partial charge is 0.191 e. The van der Waals surface area contributed by atoms with Crippen molar-refractivity contribution < 1.29 is 4.74 Å². The van der Waals surface area contributed by atoms with Crippen LogP contribution in [0.5, 0.6) is 0 Å². The fourth-order valence-electron chi connectivity index (χ4n) is 3.27. The lowest BCUT2D eigenvalue weighted by molar-refractivity contribution is -0.00501. The number of hydrogen-bond donors (Lipinski definition) is 2. The van der Waals surface area contributed by atoms with Crippen LogP contribution in [-0.2, 0) is 11.3 Å². The van der Waals surface area contributed by atoms with E-state index >= 15 is 0 Å². The van der Waals surface area contributed by atoms with Gasteiger partial charge in [-0.3, -0.25) is 4.40 Å². The van der Waals surface area contributed by atoms with Gasteiger partial charge in [-0.1, -0.05) is 6.07 Å². The Hall–Kier alpha value is -1.46. The standard InChI is InChI=1S/C18H29N7O.HI/c1-4-19-17(21-14-18(24(2)3)8-11-26-12-9-18)20-13-16-23-22-15-7-5-6-10-25(15)16;/h5-7,10H,4,8-9,11-14H2,1-3H3,(H2,19,20,21);1H. The lowest BCUT2D eigenvalue weighted by atomic mass is 9.88. The quantitative estimate of drug-likeness (QED) is 0.366. The van der Waals surface area contributed by atoms with Crippen LogP contribution in [0.15, 0.2) is 29.4 Å². The number of nitrogens with zero attached hydrogens (tertiary/aromatic N) is 5. The van der Waals surface area contributed by atoms with E-state index in [0.29, 0.717) is 6.54 Å². The number of guanidine groups is 1. The molecule has 0 radical (unpaired) electrons. The SMILES string of the molecule is CCNC(=NCc1nnc2ccccn12)NCC1(N(C)C)CCOCC1.I. The number of aliphatic imine (C=N–C) groups is 1. The van der Waals surface area contributed by atoms with E-state index in [1.165, 1.54) is 0 Å². The van der Waals surface area contributed by atoms with Crippen molar-refractivity contribution in [3.05, 3.63) is 30.2 Å². The van der Waals surface area contributed by atoms with Crippen LogP contribution in [0.25, 0.3) is 5.65 Å². The van der Waals surface area contributed by atoms with Crippen LogP contribution >= 0.6 is 24.0 Å². The molecule has 9 heteroatoms. The van der Waals surface area contributed by atoms with Gasteiger partial charge < -0.3 is 20.3 Å². The maximum absolute atomic E-state index is 5.55. The Bertz CT molecular complexity index is 740. The number of aromatic nitrogens is 3. The fraction of sp³-hybridized carbons (Fsp3) is 0.611. The molecule has 1 aliphatic rings. The number of ether oxygens (including phenoxy) is 1. The molecule has 3 heterocycles. The van der Waals surface area contributed by atoms with Crippen molar-refractivity contribution in [1.29, 1.82) is 0 Å². The molecule has 0 amide bonds. The Morgan fingerprint density at radius 2 is 2.04 bits per heavy atom. The zero-order valence-electron chi connectivity index (χ0n) is 16.3. The second-order valence-corrected chi connectivity index (χ2v) is 6.82. The van der Waals surface area contributed by atoms with E-state index in [0.717, 1.165) is 56.6 Å². The molecule has 2 aromatic heterocycles. The minimum Gasteiger partial charge on any atom is -0.381 e. The first kappa shape index (κ1) is 21.8. The van der Waals surface area contributed by atoms with Crippen molar-refractivity contribution in [3.63, 3.8) is 0 Å². The van der Waals surface area contributed by atoms with E-state index in [1.807, 2.05) is 28.8 Å². The molecular formula is C18H30IN7O. The highest BCUT2D eigenvalue weighted by atomic mass is 127. The number of pyridine rings is 1. The topological polar surface area (TPSA) is 79.1 Å². The lowest BCUT2D eigenvalue weighted by Gasteiger charge is -2.43. The lowest BCUT2D eigenvalue weighted by Crippen LogP contribution is -2.57. The highest BCUT2D eigenvalue weighted by Crippen LogP contribution is 2.25. The summed E-state index contributed by atoms with van der Waals surface area (Å²) in [6.45, 7) is 5.79. The second-order valence-electron chi connectivity index (χ2n) is 6.82. The van der Waals surface area contributed by atoms with Crippen LogP contribution < -0.4 is 10.6 Å². The maximum atomic E-state index is 5.55. The van der Waals surface area contributed by atoms with E-state index in [1.54, 1.807) is 0 Å². The minimum absolute atomic E-state index is 0. The maximum Gasteiger partial charge on any atom is 0.191 e. The molecule has 0 spiro atoms. The Morgan fingerprint density at radius 1 is 1.26 bits per heavy atom. The summed E-state index contributed by atoms with van der Waals surface area (Å²) in [5.74, 6) is 1.62. The number of rotatable bonds is 6. The zero-order valence-corrected chi connectivity index (χ0v) is 18.6. The summed E-state index contributed by atoms with van der Waals surface area (Å²) in [7, 11) is 4.28. The monoisotopic (exact) mass is 487 g/mol. The predicted octanol–water partition coefficient (Wildman–Crippen LogP) is 1.51. The summed E-state index contributed by atoms with van der Waals surface area (Å²) >= 11 is 0. The largest absolute Gasteiger partial charge is 0.381 e. The van der Waals surface area contributed by atoms with Gasteiger partial charge in [0.2, 0.25) is 0 Å². The predicted molar refractivity (Wildman–Crippen MR) is 118 cm³/mol. The van der Waals surface area contributed by atoms with E-state index < -0.39 is 0 Å². The van der Waals surface area contributed by atoms with Crippen molar-refractivity contribution >= 4 is 35.6 Å². The first-order valence-electron chi connectivity index (χ1n) is 9.20. The molecule has 0 aromatic carbocycles. The molecule has 0 atom stereocenters. The van der Waals surface area contributed by atoms with Gasteiger partial charge >= 0.3 is 0 Å². The molecular weight excluding hydrogens is 457 g/mol. The summed E-state index contributed by atoms with van der Waals surface area (Å²) < 4.78 is 7.51. The average molecular weight is 487 g/mol. The van der Waals surface area contributed by atoms with Crippen LogP contribution in [0.3, 0.4) is 0 Å². The summed E-state index contributed by atoms with van der Waals surface area (Å²) in [5.41, 5.74) is 0.931. The number of hydrogen-bond acceptors (Lipinski definition) is 5. The number of fused-ring (bicyclic) bond motifs is 1. The van der Waals surface area contributed by atoms with Gasteiger partial charge in [0, 0.05) is 38.0 Å². The van der Waals surface area contributed by atoms with Crippen molar-refractivity contribution in [2.24, 2.45) is 4.99 Å². The first-order chi connectivity index (χ1) is 12.6. The van der Waals surface area contributed by atoms with Crippen LogP contribution in [-0.4, -0.2) is 71.4 Å². The summed E-state index contributed by atoms with van der Waals surface area (Å²) in [4.78, 5) is 7.01. The van der Waals surface area contributed by atoms with Crippen molar-refractivity contribution in [1.82, 2.24) is 30.1 Å². The molecule has 0 aliphatic carbocycles. The Balaban J connectivity index is 0.00000261. The third kappa shape index (κ3) is 5.29. The van der Waals surface area contributed by atoms with Crippen LogP contribution in [0.2, 0.25) is 0 Å². The van der Waals surface area contributed by atoms with Crippen molar-refractivity contribution in [3.8, 4) is 0 Å². The third-order valence-electron chi connectivity index (χ3n) is 5.06. The normalized spacial score (nSPS) is 17.0. The molecule has 1 saturated heterocycles. The Labute approximate surface area is 177 Å². The Morgan fingerprint density at radius 3 is 2.74 bits per heavy atom. The van der Waals surface area contributed by atoms with Crippen LogP contribution in [0, 0.1) is 0 Å². The van der Waals surface area contributed by atoms with Gasteiger partial charge in [0.15, 0.2) is 17.4 Å². The fourth-order valence-corrected chi connectivity index (χ4v) is 3.27. The molecule has 3 rings (SSSR count). The van der Waals surface area contributed by atoms with E-state index in [4.69, 9.17) is 9.73 Å². The van der Waals surface area contributed by atoms with Crippen molar-refractivity contribution in [2.45, 2.75) is 31.8 Å². The summed E-state index contributed by atoms with van der Waals surface area (Å²) in [6, 6.07) is 5.87. The number of nitrogens with one attached hydrogen (secondary N) is 2. The second kappa shape index (κ2) is 10.2. The minimum atomic E-state index is 0.